The number of thiazole rings is 1. The number of aryl methyl sites for hydroxylation is 2. The second-order valence-electron chi connectivity index (χ2n) is 4.82. The van der Waals surface area contributed by atoms with E-state index >= 15 is 0 Å². The average molecular weight is 328 g/mol. The SMILES string of the molecule is Cc1csc(CCCNC(=O)c2ccc(C(F)(F)F)cc2)n1. The summed E-state index contributed by atoms with van der Waals surface area (Å²) in [7, 11) is 0. The summed E-state index contributed by atoms with van der Waals surface area (Å²) in [5.41, 5.74) is 0.440. The Bertz CT molecular complexity index is 635. The van der Waals surface area contributed by atoms with Crippen LogP contribution in [0.2, 0.25) is 0 Å². The molecule has 3 nitrogen and oxygen atoms in total. The van der Waals surface area contributed by atoms with E-state index in [2.05, 4.69) is 10.3 Å². The van der Waals surface area contributed by atoms with Crippen LogP contribution in [-0.2, 0) is 12.6 Å². The van der Waals surface area contributed by atoms with Crippen LogP contribution in [0, 0.1) is 6.92 Å². The van der Waals surface area contributed by atoms with Gasteiger partial charge in [-0.25, -0.2) is 4.98 Å². The van der Waals surface area contributed by atoms with Crippen molar-refractivity contribution in [2.24, 2.45) is 0 Å². The lowest BCUT2D eigenvalue weighted by Crippen LogP contribution is -2.24. The van der Waals surface area contributed by atoms with Crippen LogP contribution in [-0.4, -0.2) is 17.4 Å². The number of carbonyl (C=O) groups is 1. The van der Waals surface area contributed by atoms with Crippen LogP contribution in [0.25, 0.3) is 0 Å². The van der Waals surface area contributed by atoms with Crippen LogP contribution in [0.3, 0.4) is 0 Å². The second kappa shape index (κ2) is 6.91. The van der Waals surface area contributed by atoms with Gasteiger partial charge >= 0.3 is 6.18 Å². The van der Waals surface area contributed by atoms with E-state index in [1.165, 1.54) is 12.1 Å². The number of hydrogen-bond donors (Lipinski definition) is 1. The number of benzene rings is 1. The van der Waals surface area contributed by atoms with E-state index in [-0.39, 0.29) is 11.5 Å². The molecule has 1 aromatic heterocycles. The third-order valence-electron chi connectivity index (χ3n) is 2.99. The van der Waals surface area contributed by atoms with Gasteiger partial charge in [-0.2, -0.15) is 13.2 Å². The summed E-state index contributed by atoms with van der Waals surface area (Å²) in [6.07, 6.45) is -2.88. The van der Waals surface area contributed by atoms with Gasteiger partial charge in [0.2, 0.25) is 0 Å². The summed E-state index contributed by atoms with van der Waals surface area (Å²) in [4.78, 5) is 16.1. The molecular formula is C15H15F3N2OS. The Balaban J connectivity index is 1.79. The molecule has 0 fully saturated rings. The van der Waals surface area contributed by atoms with Gasteiger partial charge in [-0.15, -0.1) is 11.3 Å². The summed E-state index contributed by atoms with van der Waals surface area (Å²) in [5, 5.41) is 5.67. The minimum atomic E-state index is -4.39. The molecule has 22 heavy (non-hydrogen) atoms. The summed E-state index contributed by atoms with van der Waals surface area (Å²) in [5.74, 6) is -0.371. The Morgan fingerprint density at radius 3 is 2.50 bits per heavy atom. The highest BCUT2D eigenvalue weighted by molar-refractivity contribution is 7.09. The Hall–Kier alpha value is -1.89. The van der Waals surface area contributed by atoms with Crippen LogP contribution in [0.4, 0.5) is 13.2 Å². The minimum absolute atomic E-state index is 0.220. The van der Waals surface area contributed by atoms with Crippen LogP contribution in [0.15, 0.2) is 29.6 Å². The highest BCUT2D eigenvalue weighted by Crippen LogP contribution is 2.29. The summed E-state index contributed by atoms with van der Waals surface area (Å²) >= 11 is 1.58. The van der Waals surface area contributed by atoms with Crippen molar-refractivity contribution in [3.05, 3.63) is 51.5 Å². The van der Waals surface area contributed by atoms with Crippen molar-refractivity contribution in [3.8, 4) is 0 Å². The highest BCUT2D eigenvalue weighted by Gasteiger charge is 2.30. The third-order valence-corrected chi connectivity index (χ3v) is 4.02. The van der Waals surface area contributed by atoms with Gasteiger partial charge in [0.25, 0.3) is 5.91 Å². The van der Waals surface area contributed by atoms with Gasteiger partial charge in [0.1, 0.15) is 0 Å². The number of nitrogens with zero attached hydrogens (tertiary/aromatic N) is 1. The van der Waals surface area contributed by atoms with Crippen molar-refractivity contribution in [1.29, 1.82) is 0 Å². The van der Waals surface area contributed by atoms with Crippen LogP contribution < -0.4 is 5.32 Å². The summed E-state index contributed by atoms with van der Waals surface area (Å²) in [6, 6.07) is 4.19. The van der Waals surface area contributed by atoms with Gasteiger partial charge < -0.3 is 5.32 Å². The lowest BCUT2D eigenvalue weighted by atomic mass is 10.1. The molecule has 0 atom stereocenters. The highest BCUT2D eigenvalue weighted by atomic mass is 32.1. The Kier molecular flexibility index (Phi) is 5.18. The standard InChI is InChI=1S/C15H15F3N2OS/c1-10-9-22-13(20-10)3-2-8-19-14(21)11-4-6-12(7-5-11)15(16,17)18/h4-7,9H,2-3,8H2,1H3,(H,19,21). The maximum Gasteiger partial charge on any atom is 0.416 e. The maximum absolute atomic E-state index is 12.4. The molecule has 7 heteroatoms. The van der Waals surface area contributed by atoms with Crippen molar-refractivity contribution < 1.29 is 18.0 Å². The zero-order valence-electron chi connectivity index (χ0n) is 11.9. The molecule has 0 aliphatic heterocycles. The van der Waals surface area contributed by atoms with E-state index in [1.54, 1.807) is 11.3 Å². The first kappa shape index (κ1) is 16.5. The molecule has 118 valence electrons. The molecule has 0 unspecified atom stereocenters. The number of aromatic nitrogens is 1. The van der Waals surface area contributed by atoms with Crippen molar-refractivity contribution in [3.63, 3.8) is 0 Å². The zero-order valence-corrected chi connectivity index (χ0v) is 12.7. The fourth-order valence-corrected chi connectivity index (χ4v) is 2.69. The molecule has 2 rings (SSSR count). The number of halogens is 3. The molecular weight excluding hydrogens is 313 g/mol. The maximum atomic E-state index is 12.4. The molecule has 0 saturated heterocycles. The minimum Gasteiger partial charge on any atom is -0.352 e. The number of alkyl halides is 3. The van der Waals surface area contributed by atoms with Crippen molar-refractivity contribution in [1.82, 2.24) is 10.3 Å². The number of hydrogen-bond acceptors (Lipinski definition) is 3. The second-order valence-corrected chi connectivity index (χ2v) is 5.76. The molecule has 0 aliphatic rings. The van der Waals surface area contributed by atoms with E-state index in [0.717, 1.165) is 35.7 Å². The van der Waals surface area contributed by atoms with Gasteiger partial charge in [0.15, 0.2) is 0 Å². The van der Waals surface area contributed by atoms with Gasteiger partial charge in [0, 0.05) is 29.6 Å². The molecule has 0 radical (unpaired) electrons. The molecule has 1 amide bonds. The largest absolute Gasteiger partial charge is 0.416 e. The Labute approximate surface area is 130 Å². The fourth-order valence-electron chi connectivity index (χ4n) is 1.87. The van der Waals surface area contributed by atoms with E-state index in [4.69, 9.17) is 0 Å². The molecule has 1 heterocycles. The van der Waals surface area contributed by atoms with Crippen molar-refractivity contribution in [2.75, 3.05) is 6.54 Å². The zero-order chi connectivity index (χ0) is 16.2. The summed E-state index contributed by atoms with van der Waals surface area (Å²) < 4.78 is 37.3. The monoisotopic (exact) mass is 328 g/mol. The summed E-state index contributed by atoms with van der Waals surface area (Å²) in [6.45, 7) is 2.38. The van der Waals surface area contributed by atoms with E-state index in [9.17, 15) is 18.0 Å². The smallest absolute Gasteiger partial charge is 0.352 e. The lowest BCUT2D eigenvalue weighted by Gasteiger charge is -2.08. The topological polar surface area (TPSA) is 42.0 Å². The number of amides is 1. The molecule has 0 saturated carbocycles. The molecule has 2 aromatic rings. The van der Waals surface area contributed by atoms with Crippen LogP contribution in [0.5, 0.6) is 0 Å². The normalized spacial score (nSPS) is 11.5. The number of nitrogens with one attached hydrogen (secondary N) is 1. The third kappa shape index (κ3) is 4.56. The first-order valence-corrected chi connectivity index (χ1v) is 7.60. The van der Waals surface area contributed by atoms with Gasteiger partial charge in [-0.3, -0.25) is 4.79 Å². The Morgan fingerprint density at radius 1 is 1.27 bits per heavy atom. The first-order valence-electron chi connectivity index (χ1n) is 6.73. The molecule has 0 bridgehead atoms. The quantitative estimate of drug-likeness (QED) is 0.848. The Morgan fingerprint density at radius 2 is 1.95 bits per heavy atom. The fraction of sp³-hybridized carbons (Fsp3) is 0.333. The first-order chi connectivity index (χ1) is 10.4. The number of carbonyl (C=O) groups excluding carboxylic acids is 1. The van der Waals surface area contributed by atoms with Crippen LogP contribution in [0.1, 0.15) is 33.0 Å². The lowest BCUT2D eigenvalue weighted by molar-refractivity contribution is -0.137. The van der Waals surface area contributed by atoms with Crippen molar-refractivity contribution in [2.45, 2.75) is 25.9 Å². The molecule has 1 aromatic carbocycles. The van der Waals surface area contributed by atoms with E-state index in [0.29, 0.717) is 6.54 Å². The van der Waals surface area contributed by atoms with Crippen LogP contribution >= 0.6 is 11.3 Å². The van der Waals surface area contributed by atoms with E-state index in [1.807, 2.05) is 12.3 Å². The molecule has 0 spiro atoms. The van der Waals surface area contributed by atoms with Gasteiger partial charge in [-0.05, 0) is 37.6 Å². The predicted molar refractivity (Wildman–Crippen MR) is 78.9 cm³/mol. The molecule has 0 aliphatic carbocycles. The predicted octanol–water partition coefficient (Wildman–Crippen LogP) is 3.83. The van der Waals surface area contributed by atoms with E-state index < -0.39 is 11.7 Å². The average Bonchev–Trinajstić information content (AvgIpc) is 2.88. The van der Waals surface area contributed by atoms with Gasteiger partial charge in [-0.1, -0.05) is 0 Å². The van der Waals surface area contributed by atoms with Crippen molar-refractivity contribution >= 4 is 17.2 Å². The molecule has 1 N–H and O–H groups in total. The number of rotatable bonds is 5. The van der Waals surface area contributed by atoms with Gasteiger partial charge in [0.05, 0.1) is 10.6 Å².